The summed E-state index contributed by atoms with van der Waals surface area (Å²) in [4.78, 5) is 10.5. The molecule has 0 atom stereocenters. The minimum absolute atomic E-state index is 0.0478. The SMILES string of the molecule is O=[N+]([O-])c1ccccc1Oc1ccc2cc(Br)ccc2c1. The van der Waals surface area contributed by atoms with Crippen molar-refractivity contribution in [2.24, 2.45) is 0 Å². The number of ether oxygens (including phenoxy) is 1. The highest BCUT2D eigenvalue weighted by atomic mass is 79.9. The lowest BCUT2D eigenvalue weighted by Gasteiger charge is -2.07. The molecule has 0 spiro atoms. The molecule has 0 radical (unpaired) electrons. The maximum atomic E-state index is 11.0. The molecule has 104 valence electrons. The minimum atomic E-state index is -0.451. The second-order valence-corrected chi connectivity index (χ2v) is 5.40. The van der Waals surface area contributed by atoms with E-state index in [4.69, 9.17) is 4.74 Å². The zero-order chi connectivity index (χ0) is 14.8. The number of nitrogens with zero attached hydrogens (tertiary/aromatic N) is 1. The van der Waals surface area contributed by atoms with Crippen LogP contribution in [0.15, 0.2) is 65.1 Å². The van der Waals surface area contributed by atoms with Gasteiger partial charge in [-0.3, -0.25) is 10.1 Å². The summed E-state index contributed by atoms with van der Waals surface area (Å²) in [6.45, 7) is 0. The van der Waals surface area contributed by atoms with Gasteiger partial charge in [0, 0.05) is 10.5 Å². The molecule has 3 aromatic carbocycles. The Balaban J connectivity index is 1.99. The molecule has 0 amide bonds. The molecule has 0 aliphatic carbocycles. The molecule has 0 aliphatic rings. The summed E-state index contributed by atoms with van der Waals surface area (Å²) in [5.74, 6) is 0.804. The lowest BCUT2D eigenvalue weighted by Crippen LogP contribution is -1.92. The van der Waals surface area contributed by atoms with Gasteiger partial charge in [0.2, 0.25) is 5.75 Å². The zero-order valence-electron chi connectivity index (χ0n) is 10.8. The first-order chi connectivity index (χ1) is 10.1. The van der Waals surface area contributed by atoms with Crippen molar-refractivity contribution >= 4 is 32.4 Å². The molecular formula is C16H10BrNO3. The average molecular weight is 344 g/mol. The smallest absolute Gasteiger partial charge is 0.311 e. The number of fused-ring (bicyclic) bond motifs is 1. The number of halogens is 1. The standard InChI is InChI=1S/C16H10BrNO3/c17-13-7-5-12-10-14(8-6-11(12)9-13)21-16-4-2-1-3-15(16)18(19)20/h1-10H. The van der Waals surface area contributed by atoms with Crippen molar-refractivity contribution in [2.75, 3.05) is 0 Å². The molecule has 0 N–H and O–H groups in total. The monoisotopic (exact) mass is 343 g/mol. The van der Waals surface area contributed by atoms with E-state index in [1.54, 1.807) is 24.3 Å². The van der Waals surface area contributed by atoms with Crippen molar-refractivity contribution < 1.29 is 9.66 Å². The maximum absolute atomic E-state index is 11.0. The molecule has 0 fully saturated rings. The predicted molar refractivity (Wildman–Crippen MR) is 84.8 cm³/mol. The molecule has 4 nitrogen and oxygen atoms in total. The Hall–Kier alpha value is -2.40. The highest BCUT2D eigenvalue weighted by Gasteiger charge is 2.14. The molecule has 0 bridgehead atoms. The number of rotatable bonds is 3. The second kappa shape index (κ2) is 5.54. The number of benzene rings is 3. The lowest BCUT2D eigenvalue weighted by molar-refractivity contribution is -0.385. The molecule has 3 rings (SSSR count). The van der Waals surface area contributed by atoms with Crippen molar-refractivity contribution in [1.82, 2.24) is 0 Å². The Bertz CT molecular complexity index is 833. The van der Waals surface area contributed by atoms with Gasteiger partial charge >= 0.3 is 5.69 Å². The van der Waals surface area contributed by atoms with Crippen LogP contribution in [-0.4, -0.2) is 4.92 Å². The first kappa shape index (κ1) is 13.6. The summed E-state index contributed by atoms with van der Waals surface area (Å²) < 4.78 is 6.66. The highest BCUT2D eigenvalue weighted by Crippen LogP contribution is 2.32. The summed E-state index contributed by atoms with van der Waals surface area (Å²) >= 11 is 3.42. The summed E-state index contributed by atoms with van der Waals surface area (Å²) in [7, 11) is 0. The summed E-state index contributed by atoms with van der Waals surface area (Å²) in [5.41, 5.74) is -0.0478. The Morgan fingerprint density at radius 1 is 0.952 bits per heavy atom. The molecule has 0 saturated heterocycles. The van der Waals surface area contributed by atoms with Crippen molar-refractivity contribution in [3.8, 4) is 11.5 Å². The largest absolute Gasteiger partial charge is 0.450 e. The molecule has 5 heteroatoms. The molecule has 3 aromatic rings. The number of hydrogen-bond donors (Lipinski definition) is 0. The number of hydrogen-bond acceptors (Lipinski definition) is 3. The van der Waals surface area contributed by atoms with E-state index < -0.39 is 4.92 Å². The Morgan fingerprint density at radius 2 is 1.67 bits per heavy atom. The van der Waals surface area contributed by atoms with Gasteiger partial charge < -0.3 is 4.74 Å². The third-order valence-electron chi connectivity index (χ3n) is 3.06. The van der Waals surface area contributed by atoms with Crippen LogP contribution in [0, 0.1) is 10.1 Å². The van der Waals surface area contributed by atoms with Crippen molar-refractivity contribution in [2.45, 2.75) is 0 Å². The first-order valence-corrected chi connectivity index (χ1v) is 7.03. The summed E-state index contributed by atoms with van der Waals surface area (Å²) in [6, 6.07) is 17.8. The van der Waals surface area contributed by atoms with E-state index in [-0.39, 0.29) is 11.4 Å². The van der Waals surface area contributed by atoms with Crippen LogP contribution in [0.4, 0.5) is 5.69 Å². The van der Waals surface area contributed by atoms with Crippen LogP contribution in [0.3, 0.4) is 0 Å². The summed E-state index contributed by atoms with van der Waals surface area (Å²) in [5, 5.41) is 13.1. The maximum Gasteiger partial charge on any atom is 0.311 e. The first-order valence-electron chi connectivity index (χ1n) is 6.24. The fraction of sp³-hybridized carbons (Fsp3) is 0. The zero-order valence-corrected chi connectivity index (χ0v) is 12.4. The second-order valence-electron chi connectivity index (χ2n) is 4.48. The van der Waals surface area contributed by atoms with E-state index in [1.807, 2.05) is 30.3 Å². The van der Waals surface area contributed by atoms with E-state index in [0.717, 1.165) is 15.2 Å². The molecule has 21 heavy (non-hydrogen) atoms. The van der Waals surface area contributed by atoms with Crippen LogP contribution in [0.5, 0.6) is 11.5 Å². The van der Waals surface area contributed by atoms with Gasteiger partial charge in [0.1, 0.15) is 5.75 Å². The average Bonchev–Trinajstić information content (AvgIpc) is 2.48. The lowest BCUT2D eigenvalue weighted by atomic mass is 10.1. The van der Waals surface area contributed by atoms with Gasteiger partial charge in [-0.2, -0.15) is 0 Å². The van der Waals surface area contributed by atoms with E-state index in [2.05, 4.69) is 15.9 Å². The van der Waals surface area contributed by atoms with Gasteiger partial charge in [0.05, 0.1) is 4.92 Å². The minimum Gasteiger partial charge on any atom is -0.450 e. The van der Waals surface area contributed by atoms with Crippen LogP contribution in [0.25, 0.3) is 10.8 Å². The fourth-order valence-corrected chi connectivity index (χ4v) is 2.46. The van der Waals surface area contributed by atoms with Crippen molar-refractivity contribution in [3.63, 3.8) is 0 Å². The Labute approximate surface area is 129 Å². The van der Waals surface area contributed by atoms with Gasteiger partial charge in [-0.15, -0.1) is 0 Å². The molecule has 0 heterocycles. The number of nitro groups is 1. The third kappa shape index (κ3) is 2.87. The van der Waals surface area contributed by atoms with Crippen LogP contribution in [0.1, 0.15) is 0 Å². The van der Waals surface area contributed by atoms with Gasteiger partial charge in [-0.1, -0.05) is 40.2 Å². The van der Waals surface area contributed by atoms with Crippen molar-refractivity contribution in [3.05, 3.63) is 75.3 Å². The predicted octanol–water partition coefficient (Wildman–Crippen LogP) is 5.30. The van der Waals surface area contributed by atoms with Crippen LogP contribution in [0.2, 0.25) is 0 Å². The molecule has 0 saturated carbocycles. The van der Waals surface area contributed by atoms with Crippen LogP contribution >= 0.6 is 15.9 Å². The van der Waals surface area contributed by atoms with Gasteiger partial charge in [-0.25, -0.2) is 0 Å². The van der Waals surface area contributed by atoms with Crippen LogP contribution in [-0.2, 0) is 0 Å². The topological polar surface area (TPSA) is 52.4 Å². The van der Waals surface area contributed by atoms with Crippen molar-refractivity contribution in [1.29, 1.82) is 0 Å². The van der Waals surface area contributed by atoms with E-state index in [1.165, 1.54) is 6.07 Å². The quantitative estimate of drug-likeness (QED) is 0.478. The van der Waals surface area contributed by atoms with Gasteiger partial charge in [-0.05, 0) is 41.1 Å². The van der Waals surface area contributed by atoms with E-state index in [9.17, 15) is 10.1 Å². The third-order valence-corrected chi connectivity index (χ3v) is 3.56. The fourth-order valence-electron chi connectivity index (χ4n) is 2.08. The van der Waals surface area contributed by atoms with Gasteiger partial charge in [0.15, 0.2) is 0 Å². The number of nitro benzene ring substituents is 1. The Kier molecular flexibility index (Phi) is 3.58. The molecule has 0 aromatic heterocycles. The Morgan fingerprint density at radius 3 is 2.48 bits per heavy atom. The normalized spacial score (nSPS) is 10.5. The highest BCUT2D eigenvalue weighted by molar-refractivity contribution is 9.10. The summed E-state index contributed by atoms with van der Waals surface area (Å²) in [6.07, 6.45) is 0. The van der Waals surface area contributed by atoms with E-state index in [0.29, 0.717) is 5.75 Å². The van der Waals surface area contributed by atoms with Crippen LogP contribution < -0.4 is 4.74 Å². The molecule has 0 unspecified atom stereocenters. The number of para-hydroxylation sites is 2. The molecule has 0 aliphatic heterocycles. The van der Waals surface area contributed by atoms with Gasteiger partial charge in [0.25, 0.3) is 0 Å². The molecular weight excluding hydrogens is 334 g/mol. The van der Waals surface area contributed by atoms with E-state index >= 15 is 0 Å².